The van der Waals surface area contributed by atoms with Crippen molar-refractivity contribution in [3.63, 3.8) is 0 Å². The predicted molar refractivity (Wildman–Crippen MR) is 132 cm³/mol. The Kier molecular flexibility index (Phi) is 5.91. The van der Waals surface area contributed by atoms with Crippen LogP contribution in [0.1, 0.15) is 47.1 Å². The van der Waals surface area contributed by atoms with E-state index in [1.54, 1.807) is 34.4 Å². The molecule has 0 spiro atoms. The number of fused-ring (bicyclic) bond motifs is 4. The molecule has 1 unspecified atom stereocenters. The van der Waals surface area contributed by atoms with E-state index in [2.05, 4.69) is 16.7 Å². The number of amides is 3. The van der Waals surface area contributed by atoms with E-state index in [0.717, 1.165) is 12.0 Å². The fourth-order valence-corrected chi connectivity index (χ4v) is 5.37. The second-order valence-electron chi connectivity index (χ2n) is 8.56. The molecule has 0 saturated carbocycles. The van der Waals surface area contributed by atoms with Crippen LogP contribution in [0.4, 0.5) is 10.5 Å². The Hall–Kier alpha value is -3.52. The van der Waals surface area contributed by atoms with Gasteiger partial charge in [0.25, 0.3) is 5.91 Å². The van der Waals surface area contributed by atoms with Crippen LogP contribution in [0.3, 0.4) is 0 Å². The lowest BCUT2D eigenvalue weighted by Gasteiger charge is -2.50. The highest BCUT2D eigenvalue weighted by molar-refractivity contribution is 7.09. The Morgan fingerprint density at radius 3 is 2.91 bits per heavy atom. The topological polar surface area (TPSA) is 79.9 Å². The Balaban J connectivity index is 1.39. The molecule has 3 heterocycles. The number of rotatable bonds is 7. The Labute approximate surface area is 202 Å². The van der Waals surface area contributed by atoms with Gasteiger partial charge in [-0.05, 0) is 56.0 Å². The fraction of sp³-hybridized carbons (Fsp3) is 0.308. The van der Waals surface area contributed by atoms with Gasteiger partial charge in [-0.3, -0.25) is 9.69 Å². The van der Waals surface area contributed by atoms with Crippen LogP contribution in [0, 0.1) is 0 Å². The molecule has 0 radical (unpaired) electrons. The normalized spacial score (nSPS) is 20.7. The molecule has 2 atom stereocenters. The van der Waals surface area contributed by atoms with Crippen molar-refractivity contribution in [2.45, 2.75) is 38.5 Å². The number of ether oxygens (including phenoxy) is 2. The quantitative estimate of drug-likeness (QED) is 0.508. The van der Waals surface area contributed by atoms with Gasteiger partial charge in [0.15, 0.2) is 17.2 Å². The first-order valence-electron chi connectivity index (χ1n) is 11.4. The molecule has 34 heavy (non-hydrogen) atoms. The summed E-state index contributed by atoms with van der Waals surface area (Å²) in [5.41, 5.74) is 1.08. The minimum Gasteiger partial charge on any atom is -0.490 e. The van der Waals surface area contributed by atoms with Gasteiger partial charge in [-0.1, -0.05) is 24.3 Å². The predicted octanol–water partition coefficient (Wildman–Crippen LogP) is 4.89. The van der Waals surface area contributed by atoms with Gasteiger partial charge in [0.1, 0.15) is 0 Å². The van der Waals surface area contributed by atoms with E-state index in [1.807, 2.05) is 49.6 Å². The van der Waals surface area contributed by atoms with E-state index in [-0.39, 0.29) is 18.0 Å². The third kappa shape index (κ3) is 4.09. The van der Waals surface area contributed by atoms with Crippen molar-refractivity contribution < 1.29 is 19.1 Å². The van der Waals surface area contributed by atoms with Crippen molar-refractivity contribution in [1.82, 2.24) is 10.6 Å². The van der Waals surface area contributed by atoms with E-state index < -0.39 is 5.72 Å². The van der Waals surface area contributed by atoms with Crippen molar-refractivity contribution >= 4 is 29.0 Å². The van der Waals surface area contributed by atoms with Gasteiger partial charge in [-0.2, -0.15) is 0 Å². The van der Waals surface area contributed by atoms with Gasteiger partial charge in [0, 0.05) is 29.0 Å². The molecule has 2 bridgehead atoms. The number of nitrogens with zero attached hydrogens (tertiary/aromatic N) is 1. The lowest BCUT2D eigenvalue weighted by Crippen LogP contribution is -2.65. The van der Waals surface area contributed by atoms with Crippen molar-refractivity contribution in [1.29, 1.82) is 0 Å². The van der Waals surface area contributed by atoms with E-state index in [9.17, 15) is 9.59 Å². The number of thiophene rings is 1. The Morgan fingerprint density at radius 1 is 1.26 bits per heavy atom. The van der Waals surface area contributed by atoms with Crippen molar-refractivity contribution in [2.24, 2.45) is 0 Å². The molecule has 2 aliphatic rings. The largest absolute Gasteiger partial charge is 0.490 e. The summed E-state index contributed by atoms with van der Waals surface area (Å²) in [6.45, 7) is 4.89. The lowest BCUT2D eigenvalue weighted by atomic mass is 9.89. The fourth-order valence-electron chi connectivity index (χ4n) is 4.66. The zero-order chi connectivity index (χ0) is 23.7. The van der Waals surface area contributed by atoms with Crippen molar-refractivity contribution in [3.8, 4) is 11.5 Å². The first kappa shape index (κ1) is 22.3. The molecule has 3 amide bonds. The monoisotopic (exact) mass is 477 g/mol. The Bertz CT molecular complexity index is 1210. The number of carbonyl (C=O) groups is 2. The molecule has 1 saturated heterocycles. The minimum atomic E-state index is -0.929. The van der Waals surface area contributed by atoms with Gasteiger partial charge in [0.2, 0.25) is 0 Å². The molecule has 0 aliphatic carbocycles. The van der Waals surface area contributed by atoms with Crippen LogP contribution >= 0.6 is 11.3 Å². The number of carbonyl (C=O) groups excluding carboxylic acids is 2. The zero-order valence-corrected chi connectivity index (χ0v) is 20.0. The summed E-state index contributed by atoms with van der Waals surface area (Å²) in [4.78, 5) is 28.8. The summed E-state index contributed by atoms with van der Waals surface area (Å²) in [5.74, 6) is 1.13. The molecular formula is C26H27N3O4S. The van der Waals surface area contributed by atoms with Crippen molar-refractivity contribution in [3.05, 3.63) is 76.0 Å². The van der Waals surface area contributed by atoms with E-state index in [1.165, 1.54) is 4.88 Å². The van der Waals surface area contributed by atoms with Crippen LogP contribution in [0.2, 0.25) is 0 Å². The number of urea groups is 1. The number of hydrogen-bond donors (Lipinski definition) is 2. The molecule has 1 aromatic heterocycles. The third-order valence-electron chi connectivity index (χ3n) is 6.17. The van der Waals surface area contributed by atoms with Gasteiger partial charge in [-0.25, -0.2) is 4.79 Å². The molecule has 5 rings (SSSR count). The molecule has 2 aliphatic heterocycles. The van der Waals surface area contributed by atoms with Gasteiger partial charge in [-0.15, -0.1) is 11.3 Å². The summed E-state index contributed by atoms with van der Waals surface area (Å²) in [7, 11) is 0. The van der Waals surface area contributed by atoms with Crippen LogP contribution in [0.5, 0.6) is 11.5 Å². The third-order valence-corrected chi connectivity index (χ3v) is 7.10. The highest BCUT2D eigenvalue weighted by atomic mass is 32.1. The maximum absolute atomic E-state index is 13.2. The zero-order valence-electron chi connectivity index (χ0n) is 19.2. The molecule has 8 heteroatoms. The van der Waals surface area contributed by atoms with Crippen LogP contribution < -0.4 is 25.0 Å². The summed E-state index contributed by atoms with van der Waals surface area (Å²) in [6, 6.07) is 16.5. The standard InChI is InChI=1S/C26H27N3O4S/c1-3-32-22-11-5-10-20-21-16-26(2,33-23(20)22)29(25(31)28-21)18-8-4-7-17(15-18)24(30)27-13-12-19-9-6-14-34-19/h4-11,14-15,21H,3,12-13,16H2,1-2H3,(H,27,30)(H,28,31)/t21?,26-/m1/s1. The molecule has 176 valence electrons. The van der Waals surface area contributed by atoms with Crippen LogP contribution in [0.15, 0.2) is 60.0 Å². The number of hydrogen-bond acceptors (Lipinski definition) is 5. The first-order valence-corrected chi connectivity index (χ1v) is 12.3. The number of para-hydroxylation sites is 1. The molecule has 2 aromatic carbocycles. The molecule has 7 nitrogen and oxygen atoms in total. The van der Waals surface area contributed by atoms with E-state index in [4.69, 9.17) is 9.47 Å². The summed E-state index contributed by atoms with van der Waals surface area (Å²) < 4.78 is 12.2. The maximum Gasteiger partial charge on any atom is 0.325 e. The second kappa shape index (κ2) is 9.02. The maximum atomic E-state index is 13.2. The molecule has 1 fully saturated rings. The van der Waals surface area contributed by atoms with Gasteiger partial charge in [0.05, 0.1) is 18.3 Å². The van der Waals surface area contributed by atoms with Crippen LogP contribution in [0.25, 0.3) is 0 Å². The summed E-state index contributed by atoms with van der Waals surface area (Å²) in [6.07, 6.45) is 1.35. The number of benzene rings is 2. The summed E-state index contributed by atoms with van der Waals surface area (Å²) in [5, 5.41) is 8.09. The highest BCUT2D eigenvalue weighted by Crippen LogP contribution is 2.49. The van der Waals surface area contributed by atoms with Gasteiger partial charge < -0.3 is 20.1 Å². The summed E-state index contributed by atoms with van der Waals surface area (Å²) >= 11 is 1.67. The number of anilines is 1. The van der Waals surface area contributed by atoms with E-state index in [0.29, 0.717) is 42.3 Å². The molecular weight excluding hydrogens is 450 g/mol. The highest BCUT2D eigenvalue weighted by Gasteiger charge is 2.50. The second-order valence-corrected chi connectivity index (χ2v) is 9.59. The van der Waals surface area contributed by atoms with Crippen LogP contribution in [-0.4, -0.2) is 30.8 Å². The molecule has 3 aromatic rings. The first-order chi connectivity index (χ1) is 16.5. The SMILES string of the molecule is CCOc1cccc2c1O[C@]1(C)CC2NC(=O)N1c1cccc(C(=O)NCCc2cccs2)c1. The number of nitrogens with one attached hydrogen (secondary N) is 2. The van der Waals surface area contributed by atoms with Crippen LogP contribution in [-0.2, 0) is 6.42 Å². The van der Waals surface area contributed by atoms with E-state index >= 15 is 0 Å². The Morgan fingerprint density at radius 2 is 2.12 bits per heavy atom. The van der Waals surface area contributed by atoms with Gasteiger partial charge >= 0.3 is 6.03 Å². The molecule has 2 N–H and O–H groups in total. The van der Waals surface area contributed by atoms with Crippen molar-refractivity contribution in [2.75, 3.05) is 18.1 Å². The lowest BCUT2D eigenvalue weighted by molar-refractivity contribution is 0.0343. The average molecular weight is 478 g/mol. The smallest absolute Gasteiger partial charge is 0.325 e. The average Bonchev–Trinajstić information content (AvgIpc) is 3.33. The minimum absolute atomic E-state index is 0.174.